The second-order valence-electron chi connectivity index (χ2n) is 5.54. The van der Waals surface area contributed by atoms with Crippen LogP contribution in [0.15, 0.2) is 30.7 Å². The molecule has 122 valence electrons. The molecular weight excluding hydrogens is 296 g/mol. The minimum absolute atomic E-state index is 0.0756. The third-order valence-corrected chi connectivity index (χ3v) is 4.01. The molecule has 1 saturated heterocycles. The van der Waals surface area contributed by atoms with Crippen molar-refractivity contribution in [2.45, 2.75) is 25.8 Å². The Balaban J connectivity index is 1.55. The van der Waals surface area contributed by atoms with Gasteiger partial charge in [-0.3, -0.25) is 4.79 Å². The maximum atomic E-state index is 12.3. The molecule has 2 aromatic heterocycles. The van der Waals surface area contributed by atoms with Crippen LogP contribution in [0.3, 0.4) is 0 Å². The summed E-state index contributed by atoms with van der Waals surface area (Å²) in [5, 5.41) is 3.03. The number of nitrogens with one attached hydrogen (secondary N) is 1. The first-order chi connectivity index (χ1) is 11.2. The van der Waals surface area contributed by atoms with Gasteiger partial charge < -0.3 is 19.4 Å². The number of hydrogen-bond acceptors (Lipinski definition) is 4. The van der Waals surface area contributed by atoms with Crippen LogP contribution in [0.1, 0.15) is 30.1 Å². The lowest BCUT2D eigenvalue weighted by Crippen LogP contribution is -2.46. The monoisotopic (exact) mass is 316 g/mol. The Kier molecular flexibility index (Phi) is 4.45. The minimum Gasteiger partial charge on any atom is -0.450 e. The van der Waals surface area contributed by atoms with Crippen molar-refractivity contribution in [2.24, 2.45) is 0 Å². The number of fused-ring (bicyclic) bond motifs is 1. The van der Waals surface area contributed by atoms with Crippen molar-refractivity contribution in [3.63, 3.8) is 0 Å². The van der Waals surface area contributed by atoms with E-state index in [1.54, 1.807) is 30.3 Å². The molecule has 7 nitrogen and oxygen atoms in total. The molecule has 0 aliphatic carbocycles. The lowest BCUT2D eigenvalue weighted by atomic mass is 10.0. The van der Waals surface area contributed by atoms with Crippen LogP contribution in [-0.2, 0) is 4.74 Å². The Bertz CT molecular complexity index is 704. The predicted octanol–water partition coefficient (Wildman–Crippen LogP) is 1.68. The summed E-state index contributed by atoms with van der Waals surface area (Å²) in [6.45, 7) is 3.38. The fourth-order valence-corrected chi connectivity index (χ4v) is 2.74. The standard InChI is InChI=1S/C16H20N4O3/c1-2-23-16(22)19-8-5-13(6-9-19)18-15(21)12-3-4-14-17-7-10-20(14)11-12/h3-4,7,10-11,13H,2,5-6,8-9H2,1H3,(H,18,21). The molecule has 0 atom stereocenters. The second kappa shape index (κ2) is 6.68. The van der Waals surface area contributed by atoms with Crippen molar-refractivity contribution in [2.75, 3.05) is 19.7 Å². The van der Waals surface area contributed by atoms with Crippen LogP contribution in [0.4, 0.5) is 4.79 Å². The van der Waals surface area contributed by atoms with E-state index in [-0.39, 0.29) is 18.0 Å². The van der Waals surface area contributed by atoms with Gasteiger partial charge in [0.05, 0.1) is 12.2 Å². The first-order valence-corrected chi connectivity index (χ1v) is 7.82. The summed E-state index contributed by atoms with van der Waals surface area (Å²) in [7, 11) is 0. The number of carbonyl (C=O) groups is 2. The van der Waals surface area contributed by atoms with E-state index in [2.05, 4.69) is 10.3 Å². The van der Waals surface area contributed by atoms with Crippen molar-refractivity contribution in [3.8, 4) is 0 Å². The van der Waals surface area contributed by atoms with E-state index >= 15 is 0 Å². The third kappa shape index (κ3) is 3.44. The van der Waals surface area contributed by atoms with Gasteiger partial charge in [0, 0.05) is 37.7 Å². The highest BCUT2D eigenvalue weighted by molar-refractivity contribution is 5.94. The van der Waals surface area contributed by atoms with Crippen LogP contribution in [-0.4, -0.2) is 52.0 Å². The number of piperidine rings is 1. The summed E-state index contributed by atoms with van der Waals surface area (Å²) in [6.07, 6.45) is 6.47. The van der Waals surface area contributed by atoms with Crippen molar-refractivity contribution in [3.05, 3.63) is 36.3 Å². The van der Waals surface area contributed by atoms with Gasteiger partial charge in [0.15, 0.2) is 0 Å². The Morgan fingerprint density at radius 1 is 1.35 bits per heavy atom. The molecule has 0 saturated carbocycles. The average molecular weight is 316 g/mol. The minimum atomic E-state index is -0.275. The highest BCUT2D eigenvalue weighted by Crippen LogP contribution is 2.13. The molecule has 3 rings (SSSR count). The van der Waals surface area contributed by atoms with Crippen LogP contribution in [0.25, 0.3) is 5.65 Å². The smallest absolute Gasteiger partial charge is 0.409 e. The Morgan fingerprint density at radius 2 is 2.13 bits per heavy atom. The zero-order valence-corrected chi connectivity index (χ0v) is 13.1. The molecule has 1 N–H and O–H groups in total. The zero-order chi connectivity index (χ0) is 16.2. The van der Waals surface area contributed by atoms with Crippen LogP contribution in [0.5, 0.6) is 0 Å². The number of rotatable bonds is 3. The Morgan fingerprint density at radius 3 is 2.87 bits per heavy atom. The molecule has 2 aromatic rings. The molecule has 23 heavy (non-hydrogen) atoms. The van der Waals surface area contributed by atoms with E-state index < -0.39 is 0 Å². The molecule has 0 bridgehead atoms. The number of pyridine rings is 1. The first-order valence-electron chi connectivity index (χ1n) is 7.82. The molecule has 7 heteroatoms. The van der Waals surface area contributed by atoms with Crippen LogP contribution in [0.2, 0.25) is 0 Å². The van der Waals surface area contributed by atoms with Crippen molar-refractivity contribution < 1.29 is 14.3 Å². The lowest BCUT2D eigenvalue weighted by molar-refractivity contribution is 0.0860. The normalized spacial score (nSPS) is 15.6. The number of hydrogen-bond donors (Lipinski definition) is 1. The summed E-state index contributed by atoms with van der Waals surface area (Å²) in [5.41, 5.74) is 1.41. The number of aromatic nitrogens is 2. The molecule has 0 unspecified atom stereocenters. The van der Waals surface area contributed by atoms with E-state index in [4.69, 9.17) is 4.74 Å². The largest absolute Gasteiger partial charge is 0.450 e. The maximum Gasteiger partial charge on any atom is 0.409 e. The highest BCUT2D eigenvalue weighted by Gasteiger charge is 2.24. The number of amides is 2. The van der Waals surface area contributed by atoms with Gasteiger partial charge in [-0.1, -0.05) is 0 Å². The Labute approximate surface area is 134 Å². The van der Waals surface area contributed by atoms with Gasteiger partial charge in [-0.15, -0.1) is 0 Å². The van der Waals surface area contributed by atoms with E-state index in [1.807, 2.05) is 16.7 Å². The molecule has 1 fully saturated rings. The van der Waals surface area contributed by atoms with Crippen LogP contribution < -0.4 is 5.32 Å². The molecule has 1 aliphatic heterocycles. The predicted molar refractivity (Wildman–Crippen MR) is 84.3 cm³/mol. The van der Waals surface area contributed by atoms with Gasteiger partial charge in [-0.2, -0.15) is 0 Å². The molecule has 0 aromatic carbocycles. The quantitative estimate of drug-likeness (QED) is 0.935. The maximum absolute atomic E-state index is 12.3. The molecule has 0 radical (unpaired) electrons. The highest BCUT2D eigenvalue weighted by atomic mass is 16.6. The fourth-order valence-electron chi connectivity index (χ4n) is 2.74. The number of imidazole rings is 1. The van der Waals surface area contributed by atoms with E-state index in [9.17, 15) is 9.59 Å². The van der Waals surface area contributed by atoms with Crippen LogP contribution in [0, 0.1) is 0 Å². The molecule has 1 aliphatic rings. The van der Waals surface area contributed by atoms with Crippen molar-refractivity contribution >= 4 is 17.6 Å². The number of likely N-dealkylation sites (tertiary alicyclic amines) is 1. The van der Waals surface area contributed by atoms with Gasteiger partial charge in [0.2, 0.25) is 0 Å². The molecule has 0 spiro atoms. The molecular formula is C16H20N4O3. The molecule has 2 amide bonds. The summed E-state index contributed by atoms with van der Waals surface area (Å²) in [6, 6.07) is 3.66. The van der Waals surface area contributed by atoms with Gasteiger partial charge in [0.1, 0.15) is 5.65 Å². The van der Waals surface area contributed by atoms with Gasteiger partial charge >= 0.3 is 6.09 Å². The van der Waals surface area contributed by atoms with E-state index in [1.165, 1.54) is 0 Å². The summed E-state index contributed by atoms with van der Waals surface area (Å²) >= 11 is 0. The number of ether oxygens (including phenoxy) is 1. The van der Waals surface area contributed by atoms with Gasteiger partial charge in [-0.05, 0) is 31.9 Å². The first kappa shape index (κ1) is 15.3. The van der Waals surface area contributed by atoms with E-state index in [0.29, 0.717) is 25.3 Å². The summed E-state index contributed by atoms with van der Waals surface area (Å²) < 4.78 is 6.81. The van der Waals surface area contributed by atoms with Crippen molar-refractivity contribution in [1.29, 1.82) is 0 Å². The molecule has 3 heterocycles. The third-order valence-electron chi connectivity index (χ3n) is 4.01. The average Bonchev–Trinajstić information content (AvgIpc) is 3.03. The zero-order valence-electron chi connectivity index (χ0n) is 13.1. The second-order valence-corrected chi connectivity index (χ2v) is 5.54. The topological polar surface area (TPSA) is 75.9 Å². The van der Waals surface area contributed by atoms with Crippen LogP contribution >= 0.6 is 0 Å². The number of carbonyl (C=O) groups excluding carboxylic acids is 2. The SMILES string of the molecule is CCOC(=O)N1CCC(NC(=O)c2ccc3nccn3c2)CC1. The number of nitrogens with zero attached hydrogens (tertiary/aromatic N) is 3. The lowest BCUT2D eigenvalue weighted by Gasteiger charge is -2.31. The fraction of sp³-hybridized carbons (Fsp3) is 0.438. The summed E-state index contributed by atoms with van der Waals surface area (Å²) in [5.74, 6) is -0.102. The Hall–Kier alpha value is -2.57. The van der Waals surface area contributed by atoms with Gasteiger partial charge in [0.25, 0.3) is 5.91 Å². The summed E-state index contributed by atoms with van der Waals surface area (Å²) in [4.78, 5) is 29.8. The van der Waals surface area contributed by atoms with E-state index in [0.717, 1.165) is 18.5 Å². The van der Waals surface area contributed by atoms with Crippen molar-refractivity contribution in [1.82, 2.24) is 19.6 Å². The van der Waals surface area contributed by atoms with Gasteiger partial charge in [-0.25, -0.2) is 9.78 Å².